The molecule has 2 amide bonds. The molecule has 0 bridgehead atoms. The number of carbonyl (C=O) groups excluding carboxylic acids is 2. The minimum Gasteiger partial charge on any atom is -0.495 e. The lowest BCUT2D eigenvalue weighted by atomic mass is 10.0. The van der Waals surface area contributed by atoms with Gasteiger partial charge in [0.2, 0.25) is 0 Å². The van der Waals surface area contributed by atoms with Gasteiger partial charge in [0.25, 0.3) is 11.8 Å². The third-order valence-electron chi connectivity index (χ3n) is 7.36. The fraction of sp³-hybridized carbons (Fsp3) is 0.357. The largest absolute Gasteiger partial charge is 0.495 e. The molecule has 1 N–H and O–H groups in total. The van der Waals surface area contributed by atoms with E-state index in [1.54, 1.807) is 23.5 Å². The molecule has 3 atom stereocenters. The normalized spacial score (nSPS) is 20.0. The highest BCUT2D eigenvalue weighted by molar-refractivity contribution is 7.08. The van der Waals surface area contributed by atoms with Crippen molar-refractivity contribution in [1.29, 1.82) is 0 Å². The van der Waals surface area contributed by atoms with Crippen molar-refractivity contribution in [2.24, 2.45) is 11.8 Å². The van der Waals surface area contributed by atoms with Crippen molar-refractivity contribution in [1.82, 2.24) is 15.1 Å². The second kappa shape index (κ2) is 11.2. The van der Waals surface area contributed by atoms with Gasteiger partial charge in [0.1, 0.15) is 11.6 Å². The van der Waals surface area contributed by atoms with Gasteiger partial charge in [-0.25, -0.2) is 4.39 Å². The number of hydrogen-bond acceptors (Lipinski definition) is 5. The zero-order valence-electron chi connectivity index (χ0n) is 20.5. The molecule has 37 heavy (non-hydrogen) atoms. The van der Waals surface area contributed by atoms with E-state index in [1.165, 1.54) is 23.5 Å². The Morgan fingerprint density at radius 3 is 2.49 bits per heavy atom. The number of halogens is 2. The van der Waals surface area contributed by atoms with Crippen molar-refractivity contribution in [2.75, 3.05) is 39.8 Å². The topological polar surface area (TPSA) is 61.9 Å². The third kappa shape index (κ3) is 5.51. The minimum absolute atomic E-state index is 0.0373. The fourth-order valence-electron chi connectivity index (χ4n) is 5.46. The van der Waals surface area contributed by atoms with Crippen LogP contribution >= 0.6 is 22.9 Å². The van der Waals surface area contributed by atoms with Crippen LogP contribution in [0.2, 0.25) is 5.02 Å². The zero-order valence-corrected chi connectivity index (χ0v) is 22.1. The van der Waals surface area contributed by atoms with Crippen LogP contribution in [0.4, 0.5) is 4.39 Å². The summed E-state index contributed by atoms with van der Waals surface area (Å²) < 4.78 is 19.6. The van der Waals surface area contributed by atoms with Gasteiger partial charge in [-0.1, -0.05) is 48.0 Å². The number of carbonyl (C=O) groups is 2. The number of nitrogens with zero attached hydrogens (tertiary/aromatic N) is 2. The number of fused-ring (bicyclic) bond motifs is 1. The molecule has 2 aliphatic heterocycles. The first-order valence-corrected chi connectivity index (χ1v) is 13.7. The number of thiophene rings is 1. The summed E-state index contributed by atoms with van der Waals surface area (Å²) in [5.41, 5.74) is 1.57. The Kier molecular flexibility index (Phi) is 7.79. The van der Waals surface area contributed by atoms with E-state index in [0.717, 1.165) is 31.6 Å². The molecule has 2 saturated heterocycles. The van der Waals surface area contributed by atoms with Gasteiger partial charge in [-0.2, -0.15) is 0 Å². The molecule has 2 aromatic carbocycles. The molecule has 0 aliphatic carbocycles. The summed E-state index contributed by atoms with van der Waals surface area (Å²) in [6.45, 7) is 3.75. The van der Waals surface area contributed by atoms with Crippen molar-refractivity contribution in [3.05, 3.63) is 86.8 Å². The van der Waals surface area contributed by atoms with Gasteiger partial charge in [0.05, 0.1) is 29.3 Å². The van der Waals surface area contributed by atoms with Crippen LogP contribution in [0.15, 0.2) is 59.3 Å². The quantitative estimate of drug-likeness (QED) is 0.430. The summed E-state index contributed by atoms with van der Waals surface area (Å²) >= 11 is 7.56. The smallest absolute Gasteiger partial charge is 0.258 e. The van der Waals surface area contributed by atoms with Gasteiger partial charge in [0, 0.05) is 43.5 Å². The van der Waals surface area contributed by atoms with Gasteiger partial charge in [-0.3, -0.25) is 9.59 Å². The first-order chi connectivity index (χ1) is 17.9. The van der Waals surface area contributed by atoms with Crippen LogP contribution in [0.1, 0.15) is 38.7 Å². The van der Waals surface area contributed by atoms with Crippen LogP contribution in [-0.2, 0) is 0 Å². The average Bonchev–Trinajstić information content (AvgIpc) is 3.62. The molecule has 2 aliphatic rings. The lowest BCUT2D eigenvalue weighted by Gasteiger charge is -2.25. The van der Waals surface area contributed by atoms with Crippen molar-refractivity contribution >= 4 is 34.8 Å². The molecule has 5 rings (SSSR count). The maximum absolute atomic E-state index is 14.3. The molecule has 3 heterocycles. The van der Waals surface area contributed by atoms with Crippen molar-refractivity contribution in [3.8, 4) is 5.75 Å². The van der Waals surface area contributed by atoms with E-state index in [0.29, 0.717) is 36.2 Å². The molecule has 3 aromatic rings. The van der Waals surface area contributed by atoms with Crippen LogP contribution in [0, 0.1) is 17.7 Å². The first kappa shape index (κ1) is 25.7. The second-order valence-corrected chi connectivity index (χ2v) is 10.8. The van der Waals surface area contributed by atoms with E-state index in [2.05, 4.69) is 10.2 Å². The number of ether oxygens (including phenoxy) is 1. The summed E-state index contributed by atoms with van der Waals surface area (Å²) in [7, 11) is 1.57. The summed E-state index contributed by atoms with van der Waals surface area (Å²) in [6, 6.07) is 14.2. The molecule has 6 nitrogen and oxygen atoms in total. The predicted molar refractivity (Wildman–Crippen MR) is 143 cm³/mol. The maximum Gasteiger partial charge on any atom is 0.258 e. The molecule has 0 radical (unpaired) electrons. The Morgan fingerprint density at radius 2 is 1.81 bits per heavy atom. The number of amides is 2. The Bertz CT molecular complexity index is 1240. The molecular weight excluding hydrogens is 513 g/mol. The van der Waals surface area contributed by atoms with Crippen LogP contribution in [0.3, 0.4) is 0 Å². The Balaban J connectivity index is 1.19. The van der Waals surface area contributed by atoms with Crippen LogP contribution in [-0.4, -0.2) is 61.4 Å². The Hall–Kier alpha value is -2.94. The Labute approximate surface area is 225 Å². The summed E-state index contributed by atoms with van der Waals surface area (Å²) in [5.74, 6) is 0.206. The monoisotopic (exact) mass is 541 g/mol. The lowest BCUT2D eigenvalue weighted by molar-refractivity contribution is 0.0769. The standard InChI is InChI=1S/C28H29ClFN3O3S/c1-36-25-17-37-16-21(25)27(34)31-24(18-6-3-2-4-7-18)10-11-32-12-19-14-33(15-20(19)13-32)28(35)26-22(29)8-5-9-23(26)30/h2-9,16-17,19-20,24H,10-15H2,1H3,(H,31,34)/t19?,20?,24-/m0/s1. The number of likely N-dealkylation sites (tertiary alicyclic amines) is 2. The summed E-state index contributed by atoms with van der Waals surface area (Å²) in [6.07, 6.45) is 0.759. The first-order valence-electron chi connectivity index (χ1n) is 12.4. The highest BCUT2D eigenvalue weighted by Gasteiger charge is 2.42. The van der Waals surface area contributed by atoms with Crippen LogP contribution in [0.5, 0.6) is 5.75 Å². The summed E-state index contributed by atoms with van der Waals surface area (Å²) in [5, 5.41) is 6.97. The third-order valence-corrected chi connectivity index (χ3v) is 8.39. The van der Waals surface area contributed by atoms with Gasteiger partial charge in [-0.15, -0.1) is 11.3 Å². The van der Waals surface area contributed by atoms with E-state index in [9.17, 15) is 14.0 Å². The van der Waals surface area contributed by atoms with Crippen LogP contribution in [0.25, 0.3) is 0 Å². The van der Waals surface area contributed by atoms with E-state index >= 15 is 0 Å². The average molecular weight is 542 g/mol. The molecule has 2 fully saturated rings. The molecule has 194 valence electrons. The highest BCUT2D eigenvalue weighted by Crippen LogP contribution is 2.34. The minimum atomic E-state index is -0.578. The maximum atomic E-state index is 14.3. The van der Waals surface area contributed by atoms with Gasteiger partial charge >= 0.3 is 0 Å². The molecule has 2 unspecified atom stereocenters. The van der Waals surface area contributed by atoms with Gasteiger partial charge < -0.3 is 19.9 Å². The molecular formula is C28H29ClFN3O3S. The number of methoxy groups -OCH3 is 1. The van der Waals surface area contributed by atoms with Gasteiger partial charge in [-0.05, 0) is 36.0 Å². The number of hydrogen-bond donors (Lipinski definition) is 1. The molecule has 0 spiro atoms. The Morgan fingerprint density at radius 1 is 1.08 bits per heavy atom. The highest BCUT2D eigenvalue weighted by atomic mass is 35.5. The summed E-state index contributed by atoms with van der Waals surface area (Å²) in [4.78, 5) is 30.1. The molecule has 9 heteroatoms. The van der Waals surface area contributed by atoms with Gasteiger partial charge in [0.15, 0.2) is 0 Å². The van der Waals surface area contributed by atoms with Crippen molar-refractivity contribution < 1.29 is 18.7 Å². The fourth-order valence-corrected chi connectivity index (χ4v) is 6.48. The SMILES string of the molecule is COc1cscc1C(=O)N[C@@H](CCN1CC2CN(C(=O)c3c(F)cccc3Cl)CC2C1)c1ccccc1. The number of nitrogens with one attached hydrogen (secondary N) is 1. The van der Waals surface area contributed by atoms with Crippen molar-refractivity contribution in [2.45, 2.75) is 12.5 Å². The van der Waals surface area contributed by atoms with E-state index in [-0.39, 0.29) is 28.4 Å². The predicted octanol–water partition coefficient (Wildman–Crippen LogP) is 5.11. The number of benzene rings is 2. The molecule has 1 aromatic heterocycles. The van der Waals surface area contributed by atoms with E-state index in [4.69, 9.17) is 16.3 Å². The van der Waals surface area contributed by atoms with E-state index in [1.807, 2.05) is 35.7 Å². The zero-order chi connectivity index (χ0) is 25.9. The van der Waals surface area contributed by atoms with Crippen molar-refractivity contribution in [3.63, 3.8) is 0 Å². The van der Waals surface area contributed by atoms with Crippen LogP contribution < -0.4 is 10.1 Å². The van der Waals surface area contributed by atoms with E-state index < -0.39 is 5.82 Å². The second-order valence-electron chi connectivity index (χ2n) is 9.67. The molecule has 0 saturated carbocycles. The number of rotatable bonds is 8. The lowest BCUT2D eigenvalue weighted by Crippen LogP contribution is -2.35.